The standard InChI is InChI=1S/C21H22N2O3S/c1-3-25-18-9-4-5-10-19(18)26-14-20(24)23-21-22-13-17(27-21)12-16-8-6-7-15(2)11-16/h4-11,13H,3,12,14H2,1-2H3,(H,22,23,24). The Hall–Kier alpha value is -2.86. The van der Waals surface area contributed by atoms with E-state index in [1.165, 1.54) is 22.5 Å². The Balaban J connectivity index is 1.54. The van der Waals surface area contributed by atoms with Gasteiger partial charge in [-0.3, -0.25) is 10.1 Å². The number of thiazole rings is 1. The molecule has 1 heterocycles. The molecule has 3 aromatic rings. The number of carbonyl (C=O) groups excluding carboxylic acids is 1. The molecule has 2 aromatic carbocycles. The van der Waals surface area contributed by atoms with Crippen molar-refractivity contribution in [3.63, 3.8) is 0 Å². The summed E-state index contributed by atoms with van der Waals surface area (Å²) in [6.07, 6.45) is 2.60. The van der Waals surface area contributed by atoms with Gasteiger partial charge in [-0.25, -0.2) is 4.98 Å². The summed E-state index contributed by atoms with van der Waals surface area (Å²) in [7, 11) is 0. The lowest BCUT2D eigenvalue weighted by Gasteiger charge is -2.10. The van der Waals surface area contributed by atoms with E-state index < -0.39 is 0 Å². The van der Waals surface area contributed by atoms with Crippen molar-refractivity contribution >= 4 is 22.4 Å². The number of benzene rings is 2. The van der Waals surface area contributed by atoms with Crippen molar-refractivity contribution in [2.24, 2.45) is 0 Å². The van der Waals surface area contributed by atoms with Gasteiger partial charge >= 0.3 is 0 Å². The summed E-state index contributed by atoms with van der Waals surface area (Å²) in [5, 5.41) is 3.36. The highest BCUT2D eigenvalue weighted by Gasteiger charge is 2.10. The molecule has 0 aliphatic rings. The molecular weight excluding hydrogens is 360 g/mol. The molecule has 0 fully saturated rings. The highest BCUT2D eigenvalue weighted by atomic mass is 32.1. The number of ether oxygens (including phenoxy) is 2. The van der Waals surface area contributed by atoms with Gasteiger partial charge in [0, 0.05) is 17.5 Å². The predicted octanol–water partition coefficient (Wildman–Crippen LogP) is 4.46. The SMILES string of the molecule is CCOc1ccccc1OCC(=O)Nc1ncc(Cc2cccc(C)c2)s1. The highest BCUT2D eigenvalue weighted by Crippen LogP contribution is 2.26. The van der Waals surface area contributed by atoms with Crippen LogP contribution in [0.3, 0.4) is 0 Å². The summed E-state index contributed by atoms with van der Waals surface area (Å²) in [5.41, 5.74) is 2.46. The zero-order valence-corrected chi connectivity index (χ0v) is 16.2. The number of para-hydroxylation sites is 2. The van der Waals surface area contributed by atoms with Crippen LogP contribution in [0, 0.1) is 6.92 Å². The van der Waals surface area contributed by atoms with Gasteiger partial charge in [0.2, 0.25) is 0 Å². The van der Waals surface area contributed by atoms with Crippen molar-refractivity contribution in [2.45, 2.75) is 20.3 Å². The van der Waals surface area contributed by atoms with E-state index >= 15 is 0 Å². The molecule has 0 saturated heterocycles. The minimum atomic E-state index is -0.252. The van der Waals surface area contributed by atoms with Gasteiger partial charge in [-0.1, -0.05) is 42.0 Å². The van der Waals surface area contributed by atoms with Crippen LogP contribution in [-0.2, 0) is 11.2 Å². The normalized spacial score (nSPS) is 10.4. The van der Waals surface area contributed by atoms with Gasteiger partial charge in [0.1, 0.15) is 0 Å². The van der Waals surface area contributed by atoms with Gasteiger partial charge in [-0.15, -0.1) is 11.3 Å². The van der Waals surface area contributed by atoms with Gasteiger partial charge in [-0.05, 0) is 31.5 Å². The Labute approximate surface area is 163 Å². The van der Waals surface area contributed by atoms with E-state index in [0.29, 0.717) is 23.2 Å². The third-order valence-electron chi connectivity index (χ3n) is 3.77. The first-order valence-electron chi connectivity index (χ1n) is 8.78. The van der Waals surface area contributed by atoms with Crippen LogP contribution in [0.2, 0.25) is 0 Å². The Morgan fingerprint density at radius 3 is 2.63 bits per heavy atom. The smallest absolute Gasteiger partial charge is 0.264 e. The molecule has 140 valence electrons. The van der Waals surface area contributed by atoms with E-state index in [4.69, 9.17) is 9.47 Å². The summed E-state index contributed by atoms with van der Waals surface area (Å²) in [6, 6.07) is 15.7. The molecule has 0 aliphatic heterocycles. The van der Waals surface area contributed by atoms with Crippen LogP contribution >= 0.6 is 11.3 Å². The van der Waals surface area contributed by atoms with E-state index in [-0.39, 0.29) is 12.5 Å². The van der Waals surface area contributed by atoms with Gasteiger partial charge in [0.25, 0.3) is 5.91 Å². The molecule has 1 N–H and O–H groups in total. The van der Waals surface area contributed by atoms with Gasteiger partial charge < -0.3 is 9.47 Å². The van der Waals surface area contributed by atoms with Gasteiger partial charge in [-0.2, -0.15) is 0 Å². The summed E-state index contributed by atoms with van der Waals surface area (Å²) < 4.78 is 11.1. The minimum absolute atomic E-state index is 0.100. The largest absolute Gasteiger partial charge is 0.490 e. The molecule has 0 saturated carbocycles. The van der Waals surface area contributed by atoms with Crippen LogP contribution < -0.4 is 14.8 Å². The highest BCUT2D eigenvalue weighted by molar-refractivity contribution is 7.15. The maximum atomic E-state index is 12.2. The second-order valence-corrected chi connectivity index (χ2v) is 7.13. The van der Waals surface area contributed by atoms with E-state index in [0.717, 1.165) is 11.3 Å². The topological polar surface area (TPSA) is 60.5 Å². The Morgan fingerprint density at radius 2 is 1.89 bits per heavy atom. The molecule has 5 nitrogen and oxygen atoms in total. The predicted molar refractivity (Wildman–Crippen MR) is 108 cm³/mol. The van der Waals surface area contributed by atoms with Crippen molar-refractivity contribution in [3.05, 3.63) is 70.7 Å². The molecule has 0 atom stereocenters. The lowest BCUT2D eigenvalue weighted by atomic mass is 10.1. The van der Waals surface area contributed by atoms with Gasteiger partial charge in [0.05, 0.1) is 6.61 Å². The van der Waals surface area contributed by atoms with Crippen molar-refractivity contribution < 1.29 is 14.3 Å². The third-order valence-corrected chi connectivity index (χ3v) is 4.68. The molecule has 1 aromatic heterocycles. The quantitative estimate of drug-likeness (QED) is 0.625. The second kappa shape index (κ2) is 9.19. The lowest BCUT2D eigenvalue weighted by molar-refractivity contribution is -0.118. The number of anilines is 1. The number of nitrogens with one attached hydrogen (secondary N) is 1. The Kier molecular flexibility index (Phi) is 6.44. The first-order valence-corrected chi connectivity index (χ1v) is 9.60. The molecule has 0 aliphatic carbocycles. The summed E-state index contributed by atoms with van der Waals surface area (Å²) in [6.45, 7) is 4.41. The number of rotatable bonds is 8. The average molecular weight is 382 g/mol. The monoisotopic (exact) mass is 382 g/mol. The van der Waals surface area contributed by atoms with E-state index in [1.807, 2.05) is 31.2 Å². The molecular formula is C21H22N2O3S. The zero-order valence-electron chi connectivity index (χ0n) is 15.4. The van der Waals surface area contributed by atoms with E-state index in [9.17, 15) is 4.79 Å². The lowest BCUT2D eigenvalue weighted by Crippen LogP contribution is -2.20. The van der Waals surface area contributed by atoms with Crippen LogP contribution in [0.15, 0.2) is 54.7 Å². The number of hydrogen-bond donors (Lipinski definition) is 1. The Morgan fingerprint density at radius 1 is 1.11 bits per heavy atom. The summed E-state index contributed by atoms with van der Waals surface area (Å²) in [4.78, 5) is 17.5. The molecule has 3 rings (SSSR count). The molecule has 1 amide bonds. The fraction of sp³-hybridized carbons (Fsp3) is 0.238. The molecule has 0 unspecified atom stereocenters. The second-order valence-electron chi connectivity index (χ2n) is 6.01. The molecule has 6 heteroatoms. The molecule has 27 heavy (non-hydrogen) atoms. The van der Waals surface area contributed by atoms with Crippen LogP contribution in [0.5, 0.6) is 11.5 Å². The van der Waals surface area contributed by atoms with Crippen LogP contribution in [0.1, 0.15) is 22.9 Å². The Bertz CT molecular complexity index is 908. The van der Waals surface area contributed by atoms with Crippen molar-refractivity contribution in [1.29, 1.82) is 0 Å². The van der Waals surface area contributed by atoms with Gasteiger partial charge in [0.15, 0.2) is 23.2 Å². The maximum Gasteiger partial charge on any atom is 0.264 e. The molecule has 0 bridgehead atoms. The number of aryl methyl sites for hydroxylation is 1. The van der Waals surface area contributed by atoms with Crippen LogP contribution in [0.25, 0.3) is 0 Å². The zero-order chi connectivity index (χ0) is 19.1. The maximum absolute atomic E-state index is 12.2. The average Bonchev–Trinajstić information content (AvgIpc) is 3.08. The fourth-order valence-electron chi connectivity index (χ4n) is 2.61. The third kappa shape index (κ3) is 5.56. The summed E-state index contributed by atoms with van der Waals surface area (Å²) in [5.74, 6) is 0.925. The number of aromatic nitrogens is 1. The molecule has 0 radical (unpaired) electrons. The first-order chi connectivity index (χ1) is 13.1. The van der Waals surface area contributed by atoms with Crippen molar-refractivity contribution in [1.82, 2.24) is 4.98 Å². The molecule has 0 spiro atoms. The van der Waals surface area contributed by atoms with Crippen molar-refractivity contribution in [3.8, 4) is 11.5 Å². The fourth-order valence-corrected chi connectivity index (χ4v) is 3.48. The number of carbonyl (C=O) groups is 1. The summed E-state index contributed by atoms with van der Waals surface area (Å²) >= 11 is 1.47. The van der Waals surface area contributed by atoms with Crippen molar-refractivity contribution in [2.75, 3.05) is 18.5 Å². The van der Waals surface area contributed by atoms with Crippen LogP contribution in [-0.4, -0.2) is 24.1 Å². The van der Waals surface area contributed by atoms with E-state index in [2.05, 4.69) is 35.4 Å². The number of amides is 1. The van der Waals surface area contributed by atoms with Crippen LogP contribution in [0.4, 0.5) is 5.13 Å². The number of hydrogen-bond acceptors (Lipinski definition) is 5. The first kappa shape index (κ1) is 18.9. The number of nitrogens with zero attached hydrogens (tertiary/aromatic N) is 1. The minimum Gasteiger partial charge on any atom is -0.490 e. The van der Waals surface area contributed by atoms with E-state index in [1.54, 1.807) is 12.3 Å².